The van der Waals surface area contributed by atoms with Crippen LogP contribution in [0.1, 0.15) is 36.0 Å². The molecule has 0 saturated heterocycles. The summed E-state index contributed by atoms with van der Waals surface area (Å²) >= 11 is 1.22. The molecule has 0 aromatic carbocycles. The zero-order valence-electron chi connectivity index (χ0n) is 11.5. The number of carbonyl (C=O) groups is 3. The van der Waals surface area contributed by atoms with Gasteiger partial charge in [0.25, 0.3) is 0 Å². The summed E-state index contributed by atoms with van der Waals surface area (Å²) in [4.78, 5) is 43.1. The fourth-order valence-electron chi connectivity index (χ4n) is 2.21. The Balaban J connectivity index is 2.03. The lowest BCUT2D eigenvalue weighted by molar-refractivity contribution is -0.127. The van der Waals surface area contributed by atoms with Crippen molar-refractivity contribution in [2.24, 2.45) is 0 Å². The van der Waals surface area contributed by atoms with Crippen LogP contribution in [0.25, 0.3) is 0 Å². The predicted molar refractivity (Wildman–Crippen MR) is 77.8 cm³/mol. The van der Waals surface area contributed by atoms with Gasteiger partial charge in [0.2, 0.25) is 11.7 Å². The van der Waals surface area contributed by atoms with E-state index in [1.54, 1.807) is 26.2 Å². The van der Waals surface area contributed by atoms with Gasteiger partial charge in [-0.15, -0.1) is 11.3 Å². The molecule has 0 aliphatic heterocycles. The average Bonchev–Trinajstić information content (AvgIpc) is 2.89. The number of fused-ring (bicyclic) bond motifs is 2. The largest absolute Gasteiger partial charge is 0.349 e. The van der Waals surface area contributed by atoms with E-state index in [4.69, 9.17) is 0 Å². The molecule has 0 bridgehead atoms. The van der Waals surface area contributed by atoms with E-state index >= 15 is 0 Å². The third kappa shape index (κ3) is 2.17. The van der Waals surface area contributed by atoms with Crippen molar-refractivity contribution in [3.63, 3.8) is 0 Å². The standard InChI is InChI=1S/C15H12N2O3S/c1-17(2)12(18)6-8-5-10-13(19)11-7-16-4-3-9(11)14(20)15(10)21-8/h3-5,7H,6H2,1-2H3. The summed E-state index contributed by atoms with van der Waals surface area (Å²) < 4.78 is 0. The van der Waals surface area contributed by atoms with Crippen molar-refractivity contribution in [3.8, 4) is 0 Å². The number of rotatable bonds is 2. The fourth-order valence-corrected chi connectivity index (χ4v) is 3.31. The lowest BCUT2D eigenvalue weighted by atomic mass is 9.90. The maximum Gasteiger partial charge on any atom is 0.227 e. The highest BCUT2D eigenvalue weighted by Gasteiger charge is 2.32. The molecule has 0 saturated carbocycles. The SMILES string of the molecule is CN(C)C(=O)Cc1cc2c(s1)C(=O)c1ccncc1C2=O. The van der Waals surface area contributed by atoms with Gasteiger partial charge in [-0.3, -0.25) is 19.4 Å². The van der Waals surface area contributed by atoms with Gasteiger partial charge < -0.3 is 4.90 Å². The van der Waals surface area contributed by atoms with Crippen molar-refractivity contribution < 1.29 is 14.4 Å². The molecule has 5 nitrogen and oxygen atoms in total. The quantitative estimate of drug-likeness (QED) is 0.720. The number of hydrogen-bond donors (Lipinski definition) is 0. The average molecular weight is 300 g/mol. The Bertz CT molecular complexity index is 724. The van der Waals surface area contributed by atoms with E-state index < -0.39 is 0 Å². The van der Waals surface area contributed by atoms with Crippen LogP contribution < -0.4 is 0 Å². The van der Waals surface area contributed by atoms with Crippen molar-refractivity contribution in [1.82, 2.24) is 9.88 Å². The van der Waals surface area contributed by atoms with Crippen LogP contribution in [0.4, 0.5) is 0 Å². The number of carbonyl (C=O) groups excluding carboxylic acids is 3. The minimum Gasteiger partial charge on any atom is -0.349 e. The highest BCUT2D eigenvalue weighted by atomic mass is 32.1. The van der Waals surface area contributed by atoms with E-state index in [1.807, 2.05) is 0 Å². The van der Waals surface area contributed by atoms with Gasteiger partial charge >= 0.3 is 0 Å². The zero-order chi connectivity index (χ0) is 15.1. The van der Waals surface area contributed by atoms with E-state index in [-0.39, 0.29) is 23.9 Å². The molecule has 3 rings (SSSR count). The Morgan fingerprint density at radius 2 is 1.95 bits per heavy atom. The van der Waals surface area contributed by atoms with Crippen LogP contribution >= 0.6 is 11.3 Å². The van der Waals surface area contributed by atoms with Crippen LogP contribution in [0.2, 0.25) is 0 Å². The maximum absolute atomic E-state index is 12.4. The smallest absolute Gasteiger partial charge is 0.227 e. The van der Waals surface area contributed by atoms with Crippen LogP contribution in [-0.2, 0) is 11.2 Å². The van der Waals surface area contributed by atoms with Crippen LogP contribution in [0.15, 0.2) is 24.5 Å². The van der Waals surface area contributed by atoms with Crippen molar-refractivity contribution >= 4 is 28.8 Å². The topological polar surface area (TPSA) is 67.3 Å². The summed E-state index contributed by atoms with van der Waals surface area (Å²) in [6, 6.07) is 3.21. The van der Waals surface area contributed by atoms with E-state index in [1.165, 1.54) is 28.6 Å². The molecular weight excluding hydrogens is 288 g/mol. The van der Waals surface area contributed by atoms with Crippen LogP contribution in [0.3, 0.4) is 0 Å². The first-order valence-electron chi connectivity index (χ1n) is 6.35. The third-order valence-electron chi connectivity index (χ3n) is 3.37. The molecule has 2 heterocycles. The molecule has 21 heavy (non-hydrogen) atoms. The number of thiophene rings is 1. The van der Waals surface area contributed by atoms with Crippen LogP contribution in [0, 0.1) is 0 Å². The lowest BCUT2D eigenvalue weighted by Crippen LogP contribution is -2.23. The van der Waals surface area contributed by atoms with E-state index in [0.717, 1.165) is 4.88 Å². The number of amides is 1. The molecule has 1 aliphatic rings. The molecule has 1 aliphatic carbocycles. The molecule has 6 heteroatoms. The van der Waals surface area contributed by atoms with Crippen LogP contribution in [0.5, 0.6) is 0 Å². The molecule has 2 aromatic heterocycles. The van der Waals surface area contributed by atoms with Gasteiger partial charge in [-0.05, 0) is 12.1 Å². The summed E-state index contributed by atoms with van der Waals surface area (Å²) in [5, 5.41) is 0. The Hall–Kier alpha value is -2.34. The number of nitrogens with zero attached hydrogens (tertiary/aromatic N) is 2. The Labute approximate surface area is 125 Å². The van der Waals surface area contributed by atoms with Crippen LogP contribution in [-0.4, -0.2) is 41.5 Å². The van der Waals surface area contributed by atoms with Gasteiger partial charge in [-0.25, -0.2) is 0 Å². The van der Waals surface area contributed by atoms with E-state index in [9.17, 15) is 14.4 Å². The van der Waals surface area contributed by atoms with Crippen molar-refractivity contribution in [1.29, 1.82) is 0 Å². The molecule has 0 fully saturated rings. The monoisotopic (exact) mass is 300 g/mol. The number of ketones is 2. The summed E-state index contributed by atoms with van der Waals surface area (Å²) in [6.07, 6.45) is 3.11. The number of pyridine rings is 1. The molecule has 1 amide bonds. The van der Waals surface area contributed by atoms with E-state index in [0.29, 0.717) is 21.6 Å². The first kappa shape index (κ1) is 13.6. The molecule has 0 radical (unpaired) electrons. The molecule has 0 unspecified atom stereocenters. The van der Waals surface area contributed by atoms with Gasteiger partial charge in [0.05, 0.1) is 16.9 Å². The number of hydrogen-bond acceptors (Lipinski definition) is 5. The van der Waals surface area contributed by atoms with Crippen molar-refractivity contribution in [2.45, 2.75) is 6.42 Å². The molecule has 0 N–H and O–H groups in total. The molecule has 106 valence electrons. The Morgan fingerprint density at radius 1 is 1.19 bits per heavy atom. The second kappa shape index (κ2) is 4.89. The second-order valence-electron chi connectivity index (χ2n) is 5.00. The van der Waals surface area contributed by atoms with E-state index in [2.05, 4.69) is 4.98 Å². The molecule has 0 atom stereocenters. The zero-order valence-corrected chi connectivity index (χ0v) is 12.4. The summed E-state index contributed by atoms with van der Waals surface area (Å²) in [5.74, 6) is -0.435. The summed E-state index contributed by atoms with van der Waals surface area (Å²) in [5.41, 5.74) is 1.10. The minimum absolute atomic E-state index is 0.0623. The fraction of sp³-hybridized carbons (Fsp3) is 0.200. The molecule has 2 aromatic rings. The normalized spacial score (nSPS) is 12.9. The molecule has 0 spiro atoms. The Kier molecular flexibility index (Phi) is 3.17. The van der Waals surface area contributed by atoms with Gasteiger partial charge in [-0.1, -0.05) is 0 Å². The van der Waals surface area contributed by atoms with Crippen molar-refractivity contribution in [3.05, 3.63) is 51.0 Å². The van der Waals surface area contributed by atoms with Gasteiger partial charge in [0.1, 0.15) is 0 Å². The highest BCUT2D eigenvalue weighted by Crippen LogP contribution is 2.33. The first-order chi connectivity index (χ1) is 9.99. The number of aromatic nitrogens is 1. The first-order valence-corrected chi connectivity index (χ1v) is 7.17. The third-order valence-corrected chi connectivity index (χ3v) is 4.50. The predicted octanol–water partition coefficient (Wildman–Crippen LogP) is 1.55. The van der Waals surface area contributed by atoms with Gasteiger partial charge in [0.15, 0.2) is 5.78 Å². The lowest BCUT2D eigenvalue weighted by Gasteiger charge is -2.12. The Morgan fingerprint density at radius 3 is 2.67 bits per heavy atom. The summed E-state index contributed by atoms with van der Waals surface area (Å²) in [6.45, 7) is 0. The van der Waals surface area contributed by atoms with Gasteiger partial charge in [-0.2, -0.15) is 0 Å². The highest BCUT2D eigenvalue weighted by molar-refractivity contribution is 7.15. The van der Waals surface area contributed by atoms with Crippen molar-refractivity contribution in [2.75, 3.05) is 14.1 Å². The maximum atomic E-state index is 12.4. The van der Waals surface area contributed by atoms with Gasteiger partial charge in [0, 0.05) is 42.5 Å². The molecular formula is C15H12N2O3S. The summed E-state index contributed by atoms with van der Waals surface area (Å²) in [7, 11) is 3.35. The minimum atomic E-state index is -0.201. The number of likely N-dealkylation sites (N-methyl/N-ethyl adjacent to an activating group) is 1. The second-order valence-corrected chi connectivity index (χ2v) is 6.14.